The maximum Gasteiger partial charge on any atom is 0.451 e. The molecule has 1 atom stereocenters. The number of halogens is 3. The molecule has 1 aromatic carbocycles. The Balaban J connectivity index is 1.43. The topological polar surface area (TPSA) is 88.4 Å². The van der Waals surface area contributed by atoms with Crippen LogP contribution in [0.1, 0.15) is 23.4 Å². The Labute approximate surface area is 196 Å². The van der Waals surface area contributed by atoms with E-state index in [2.05, 4.69) is 26.3 Å². The number of nitriles is 1. The molecule has 0 bridgehead atoms. The van der Waals surface area contributed by atoms with E-state index in [1.54, 1.807) is 23.1 Å². The highest BCUT2D eigenvalue weighted by atomic mass is 19.4. The Bertz CT molecular complexity index is 1060. The molecule has 3 heterocycles. The summed E-state index contributed by atoms with van der Waals surface area (Å²) in [6.07, 6.45) is -3.55. The van der Waals surface area contributed by atoms with Crippen molar-refractivity contribution >= 4 is 17.5 Å². The van der Waals surface area contributed by atoms with Crippen molar-refractivity contribution < 1.29 is 18.0 Å². The number of piperazine rings is 1. The first kappa shape index (κ1) is 23.8. The van der Waals surface area contributed by atoms with Crippen LogP contribution in [0.3, 0.4) is 0 Å². The summed E-state index contributed by atoms with van der Waals surface area (Å²) in [5, 5.41) is 11.7. The van der Waals surface area contributed by atoms with Gasteiger partial charge >= 0.3 is 6.18 Å². The van der Waals surface area contributed by atoms with Crippen LogP contribution in [0.15, 0.2) is 30.3 Å². The zero-order valence-corrected chi connectivity index (χ0v) is 18.8. The second-order valence-corrected chi connectivity index (χ2v) is 8.54. The molecule has 11 heteroatoms. The lowest BCUT2D eigenvalue weighted by molar-refractivity contribution is -0.144. The van der Waals surface area contributed by atoms with Gasteiger partial charge in [-0.25, -0.2) is 9.97 Å². The van der Waals surface area contributed by atoms with Crippen molar-refractivity contribution in [2.45, 2.75) is 25.1 Å². The third-order valence-corrected chi connectivity index (χ3v) is 6.19. The number of benzene rings is 1. The maximum absolute atomic E-state index is 13.5. The standard InChI is InChI=1S/C23H26F3N7O/c1-31-10-12-32(13-11-31)19-14-20(30-22(29-19)23(24,25)26)33-9-7-18(33)21(34)28-8-6-16-2-4-17(15-27)5-3-16/h2-5,14,18H,6-13H2,1H3,(H,28,34). The molecule has 2 saturated heterocycles. The van der Waals surface area contributed by atoms with Crippen molar-refractivity contribution in [1.29, 1.82) is 5.26 Å². The fourth-order valence-electron chi connectivity index (χ4n) is 4.02. The number of carbonyl (C=O) groups excluding carboxylic acids is 1. The van der Waals surface area contributed by atoms with Crippen LogP contribution in [0.2, 0.25) is 0 Å². The van der Waals surface area contributed by atoms with Crippen molar-refractivity contribution in [2.24, 2.45) is 0 Å². The minimum absolute atomic E-state index is 0.120. The molecule has 0 spiro atoms. The lowest BCUT2D eigenvalue weighted by Gasteiger charge is -2.41. The van der Waals surface area contributed by atoms with E-state index < -0.39 is 18.0 Å². The first-order valence-corrected chi connectivity index (χ1v) is 11.2. The van der Waals surface area contributed by atoms with Crippen LogP contribution in [0.4, 0.5) is 24.8 Å². The number of nitrogens with one attached hydrogen (secondary N) is 1. The van der Waals surface area contributed by atoms with Gasteiger partial charge in [0.1, 0.15) is 17.7 Å². The number of hydrogen-bond donors (Lipinski definition) is 1. The summed E-state index contributed by atoms with van der Waals surface area (Å²) in [5.74, 6) is -1.08. The minimum atomic E-state index is -4.68. The Kier molecular flexibility index (Phi) is 6.88. The molecule has 1 aromatic heterocycles. The molecule has 8 nitrogen and oxygen atoms in total. The summed E-state index contributed by atoms with van der Waals surface area (Å²) in [6, 6.07) is 10.1. The summed E-state index contributed by atoms with van der Waals surface area (Å²) < 4.78 is 40.6. The Hall–Kier alpha value is -3.39. The van der Waals surface area contributed by atoms with Gasteiger partial charge in [-0.05, 0) is 37.6 Å². The van der Waals surface area contributed by atoms with Crippen molar-refractivity contribution in [2.75, 3.05) is 56.1 Å². The van der Waals surface area contributed by atoms with Gasteiger partial charge in [0.05, 0.1) is 11.6 Å². The molecule has 1 amide bonds. The third-order valence-electron chi connectivity index (χ3n) is 6.19. The number of nitrogens with zero attached hydrogens (tertiary/aromatic N) is 6. The number of hydrogen-bond acceptors (Lipinski definition) is 7. The first-order chi connectivity index (χ1) is 16.2. The Morgan fingerprint density at radius 1 is 1.12 bits per heavy atom. The van der Waals surface area contributed by atoms with Gasteiger partial charge in [0, 0.05) is 45.3 Å². The summed E-state index contributed by atoms with van der Waals surface area (Å²) in [4.78, 5) is 25.8. The van der Waals surface area contributed by atoms with Gasteiger partial charge in [-0.2, -0.15) is 18.4 Å². The van der Waals surface area contributed by atoms with E-state index in [1.807, 2.05) is 24.1 Å². The molecule has 0 saturated carbocycles. The average Bonchev–Trinajstić information content (AvgIpc) is 2.78. The molecule has 34 heavy (non-hydrogen) atoms. The Morgan fingerprint density at radius 3 is 2.38 bits per heavy atom. The van der Waals surface area contributed by atoms with Crippen molar-refractivity contribution in [3.05, 3.63) is 47.3 Å². The van der Waals surface area contributed by atoms with E-state index in [-0.39, 0.29) is 17.5 Å². The number of aromatic nitrogens is 2. The molecule has 180 valence electrons. The van der Waals surface area contributed by atoms with Crippen molar-refractivity contribution in [3.8, 4) is 6.07 Å². The molecule has 2 fully saturated rings. The molecular weight excluding hydrogens is 447 g/mol. The molecule has 2 aliphatic rings. The van der Waals surface area contributed by atoms with E-state index in [4.69, 9.17) is 5.26 Å². The lowest BCUT2D eigenvalue weighted by Crippen LogP contribution is -2.57. The number of amides is 1. The summed E-state index contributed by atoms with van der Waals surface area (Å²) in [6.45, 7) is 3.44. The number of anilines is 2. The average molecular weight is 474 g/mol. The zero-order chi connectivity index (χ0) is 24.3. The molecule has 0 radical (unpaired) electrons. The molecular formula is C23H26F3N7O. The predicted octanol–water partition coefficient (Wildman–Crippen LogP) is 2.06. The van der Waals surface area contributed by atoms with E-state index in [1.165, 1.54) is 0 Å². The van der Waals surface area contributed by atoms with Crippen LogP contribution in [0.25, 0.3) is 0 Å². The number of likely N-dealkylation sites (N-methyl/N-ethyl adjacent to an activating group) is 1. The first-order valence-electron chi connectivity index (χ1n) is 11.2. The second kappa shape index (κ2) is 9.85. The summed E-state index contributed by atoms with van der Waals surface area (Å²) >= 11 is 0. The van der Waals surface area contributed by atoms with Crippen LogP contribution < -0.4 is 15.1 Å². The summed E-state index contributed by atoms with van der Waals surface area (Å²) in [5.41, 5.74) is 1.55. The van der Waals surface area contributed by atoms with Crippen LogP contribution in [-0.2, 0) is 17.4 Å². The van der Waals surface area contributed by atoms with E-state index in [0.717, 1.165) is 18.7 Å². The quantitative estimate of drug-likeness (QED) is 0.687. The predicted molar refractivity (Wildman–Crippen MR) is 120 cm³/mol. The van der Waals surface area contributed by atoms with Gasteiger partial charge < -0.3 is 20.0 Å². The fraction of sp³-hybridized carbons (Fsp3) is 0.478. The van der Waals surface area contributed by atoms with E-state index in [9.17, 15) is 18.0 Å². The molecule has 2 aliphatic heterocycles. The molecule has 1 unspecified atom stereocenters. The zero-order valence-electron chi connectivity index (χ0n) is 18.8. The highest BCUT2D eigenvalue weighted by Crippen LogP contribution is 2.33. The van der Waals surface area contributed by atoms with E-state index in [0.29, 0.717) is 44.6 Å². The van der Waals surface area contributed by atoms with Gasteiger partial charge in [-0.1, -0.05) is 12.1 Å². The monoisotopic (exact) mass is 473 g/mol. The van der Waals surface area contributed by atoms with Gasteiger partial charge in [0.15, 0.2) is 0 Å². The van der Waals surface area contributed by atoms with Gasteiger partial charge in [-0.3, -0.25) is 4.79 Å². The number of rotatable bonds is 6. The maximum atomic E-state index is 13.5. The largest absolute Gasteiger partial charge is 0.451 e. The van der Waals surface area contributed by atoms with Gasteiger partial charge in [0.25, 0.3) is 0 Å². The van der Waals surface area contributed by atoms with Crippen molar-refractivity contribution in [1.82, 2.24) is 20.2 Å². The second-order valence-electron chi connectivity index (χ2n) is 8.54. The molecule has 4 rings (SSSR count). The number of carbonyl (C=O) groups is 1. The van der Waals surface area contributed by atoms with Crippen LogP contribution in [-0.4, -0.2) is 73.1 Å². The molecule has 0 aliphatic carbocycles. The third kappa shape index (κ3) is 5.39. The summed E-state index contributed by atoms with van der Waals surface area (Å²) in [7, 11) is 1.97. The van der Waals surface area contributed by atoms with Gasteiger partial charge in [-0.15, -0.1) is 0 Å². The molecule has 2 aromatic rings. The Morgan fingerprint density at radius 2 is 1.79 bits per heavy atom. The number of alkyl halides is 3. The minimum Gasteiger partial charge on any atom is -0.354 e. The lowest BCUT2D eigenvalue weighted by atomic mass is 10.0. The van der Waals surface area contributed by atoms with Crippen LogP contribution >= 0.6 is 0 Å². The normalized spacial score (nSPS) is 18.9. The van der Waals surface area contributed by atoms with Crippen molar-refractivity contribution in [3.63, 3.8) is 0 Å². The SMILES string of the molecule is CN1CCN(c2cc(N3CCC3C(=O)NCCc3ccc(C#N)cc3)nc(C(F)(F)F)n2)CC1. The highest BCUT2D eigenvalue weighted by molar-refractivity contribution is 5.86. The smallest absolute Gasteiger partial charge is 0.354 e. The van der Waals surface area contributed by atoms with Crippen LogP contribution in [0, 0.1) is 11.3 Å². The van der Waals surface area contributed by atoms with Gasteiger partial charge in [0.2, 0.25) is 11.7 Å². The fourth-order valence-corrected chi connectivity index (χ4v) is 4.02. The molecule has 1 N–H and O–H groups in total. The van der Waals surface area contributed by atoms with E-state index >= 15 is 0 Å². The highest BCUT2D eigenvalue weighted by Gasteiger charge is 2.40. The van der Waals surface area contributed by atoms with Crippen LogP contribution in [0.5, 0.6) is 0 Å².